The molecule has 7 nitrogen and oxygen atoms in total. The lowest BCUT2D eigenvalue weighted by Crippen LogP contribution is -2.49. The topological polar surface area (TPSA) is 95.4 Å². The van der Waals surface area contributed by atoms with Crippen LogP contribution in [0.15, 0.2) is 18.6 Å². The molecule has 1 aromatic rings. The highest BCUT2D eigenvalue weighted by atomic mass is 16.4. The van der Waals surface area contributed by atoms with E-state index in [4.69, 9.17) is 5.11 Å². The van der Waals surface area contributed by atoms with Crippen molar-refractivity contribution in [2.24, 2.45) is 5.41 Å². The fraction of sp³-hybridized carbons (Fsp3) is 0.571. The van der Waals surface area contributed by atoms with Crippen LogP contribution in [0.25, 0.3) is 0 Å². The van der Waals surface area contributed by atoms with Gasteiger partial charge in [-0.05, 0) is 19.8 Å². The number of rotatable bonds is 4. The lowest BCUT2D eigenvalue weighted by atomic mass is 9.80. The second-order valence-electron chi connectivity index (χ2n) is 5.53. The first kappa shape index (κ1) is 15.2. The number of carboxylic acid groups (broad SMARTS) is 1. The molecule has 1 aliphatic rings. The zero-order valence-corrected chi connectivity index (χ0v) is 12.1. The van der Waals surface area contributed by atoms with Gasteiger partial charge in [0.15, 0.2) is 0 Å². The van der Waals surface area contributed by atoms with E-state index in [0.717, 1.165) is 5.69 Å². The number of nitrogens with one attached hydrogen (secondary N) is 1. The number of carboxylic acids is 1. The molecule has 0 saturated carbocycles. The van der Waals surface area contributed by atoms with E-state index in [0.29, 0.717) is 38.9 Å². The number of carbonyl (C=O) groups is 2. The van der Waals surface area contributed by atoms with Gasteiger partial charge in [0.2, 0.25) is 0 Å². The Morgan fingerprint density at radius 1 is 1.38 bits per heavy atom. The minimum absolute atomic E-state index is 0.147. The van der Waals surface area contributed by atoms with Crippen LogP contribution in [0.1, 0.15) is 25.5 Å². The van der Waals surface area contributed by atoms with Crippen LogP contribution < -0.4 is 5.32 Å². The first-order chi connectivity index (χ1) is 10.0. The summed E-state index contributed by atoms with van der Waals surface area (Å²) in [5.41, 5.74) is 0.117. The maximum absolute atomic E-state index is 12.0. The maximum Gasteiger partial charge on any atom is 0.317 e. The van der Waals surface area contributed by atoms with Gasteiger partial charge in [-0.15, -0.1) is 0 Å². The fourth-order valence-corrected chi connectivity index (χ4v) is 2.29. The molecule has 0 bridgehead atoms. The molecule has 0 spiro atoms. The number of hydrogen-bond acceptors (Lipinski definition) is 4. The standard InChI is InChI=1S/C14H20N4O3/c1-14(12(19)20)3-8-18(9-4-14)13(21)17-5-2-11-10-15-6-7-16-11/h6-7,10H,2-5,8-9H2,1H3,(H,17,21)(H,19,20). The second kappa shape index (κ2) is 6.51. The Hall–Kier alpha value is -2.18. The fourth-order valence-electron chi connectivity index (χ4n) is 2.29. The summed E-state index contributed by atoms with van der Waals surface area (Å²) in [6.45, 7) is 3.17. The number of likely N-dealkylation sites (tertiary alicyclic amines) is 1. The number of urea groups is 1. The van der Waals surface area contributed by atoms with Crippen molar-refractivity contribution in [1.82, 2.24) is 20.2 Å². The van der Waals surface area contributed by atoms with Crippen molar-refractivity contribution in [3.63, 3.8) is 0 Å². The van der Waals surface area contributed by atoms with Gasteiger partial charge in [-0.25, -0.2) is 4.79 Å². The minimum Gasteiger partial charge on any atom is -0.481 e. The number of aliphatic carboxylic acids is 1. The molecule has 0 atom stereocenters. The molecule has 0 unspecified atom stereocenters. The monoisotopic (exact) mass is 292 g/mol. The molecule has 0 aliphatic carbocycles. The Morgan fingerprint density at radius 2 is 2.10 bits per heavy atom. The van der Waals surface area contributed by atoms with Crippen molar-refractivity contribution in [2.75, 3.05) is 19.6 Å². The molecule has 0 radical (unpaired) electrons. The molecule has 1 aliphatic heterocycles. The summed E-state index contributed by atoms with van der Waals surface area (Å²) in [7, 11) is 0. The van der Waals surface area contributed by atoms with Crippen molar-refractivity contribution in [2.45, 2.75) is 26.2 Å². The van der Waals surface area contributed by atoms with Crippen molar-refractivity contribution in [3.05, 3.63) is 24.3 Å². The van der Waals surface area contributed by atoms with E-state index in [1.165, 1.54) is 0 Å². The molecule has 21 heavy (non-hydrogen) atoms. The Balaban J connectivity index is 1.74. The lowest BCUT2D eigenvalue weighted by Gasteiger charge is -2.36. The Labute approximate surface area is 123 Å². The van der Waals surface area contributed by atoms with E-state index in [9.17, 15) is 9.59 Å². The molecule has 2 heterocycles. The summed E-state index contributed by atoms with van der Waals surface area (Å²) >= 11 is 0. The van der Waals surface area contributed by atoms with Crippen LogP contribution in [0.2, 0.25) is 0 Å². The third-order valence-electron chi connectivity index (χ3n) is 3.94. The predicted molar refractivity (Wildman–Crippen MR) is 75.7 cm³/mol. The predicted octanol–water partition coefficient (Wildman–Crippen LogP) is 0.915. The first-order valence-electron chi connectivity index (χ1n) is 7.02. The Morgan fingerprint density at radius 3 is 2.67 bits per heavy atom. The summed E-state index contributed by atoms with van der Waals surface area (Å²) < 4.78 is 0. The van der Waals surface area contributed by atoms with Crippen LogP contribution in [-0.4, -0.2) is 51.6 Å². The average Bonchev–Trinajstić information content (AvgIpc) is 2.49. The van der Waals surface area contributed by atoms with Gasteiger partial charge >= 0.3 is 12.0 Å². The number of piperidine rings is 1. The summed E-state index contributed by atoms with van der Waals surface area (Å²) in [6.07, 6.45) is 6.50. The van der Waals surface area contributed by atoms with Crippen molar-refractivity contribution >= 4 is 12.0 Å². The highest BCUT2D eigenvalue weighted by Gasteiger charge is 2.37. The maximum atomic E-state index is 12.0. The van der Waals surface area contributed by atoms with Gasteiger partial charge in [0, 0.05) is 44.6 Å². The average molecular weight is 292 g/mol. The molecule has 2 N–H and O–H groups in total. The van der Waals surface area contributed by atoms with Gasteiger partial charge in [0.05, 0.1) is 11.1 Å². The van der Waals surface area contributed by atoms with Gasteiger partial charge in [0.25, 0.3) is 0 Å². The lowest BCUT2D eigenvalue weighted by molar-refractivity contribution is -0.150. The summed E-state index contributed by atoms with van der Waals surface area (Å²) in [5.74, 6) is -0.787. The van der Waals surface area contributed by atoms with Crippen molar-refractivity contribution in [1.29, 1.82) is 0 Å². The summed E-state index contributed by atoms with van der Waals surface area (Å²) in [4.78, 5) is 32.9. The third-order valence-corrected chi connectivity index (χ3v) is 3.94. The molecule has 2 amide bonds. The summed E-state index contributed by atoms with van der Waals surface area (Å²) in [6, 6.07) is -0.147. The van der Waals surface area contributed by atoms with E-state index < -0.39 is 11.4 Å². The minimum atomic E-state index is -0.787. The third kappa shape index (κ3) is 3.90. The molecular weight excluding hydrogens is 272 g/mol. The van der Waals surface area contributed by atoms with E-state index in [2.05, 4.69) is 15.3 Å². The second-order valence-corrected chi connectivity index (χ2v) is 5.53. The van der Waals surface area contributed by atoms with Crippen molar-refractivity contribution in [3.8, 4) is 0 Å². The van der Waals surface area contributed by atoms with E-state index in [1.807, 2.05) is 0 Å². The Kier molecular flexibility index (Phi) is 4.72. The van der Waals surface area contributed by atoms with Crippen LogP contribution in [0, 0.1) is 5.41 Å². The van der Waals surface area contributed by atoms with Gasteiger partial charge in [0.1, 0.15) is 0 Å². The molecular formula is C14H20N4O3. The Bertz CT molecular complexity index is 498. The quantitative estimate of drug-likeness (QED) is 0.860. The van der Waals surface area contributed by atoms with E-state index in [1.54, 1.807) is 30.4 Å². The van der Waals surface area contributed by atoms with Gasteiger partial charge < -0.3 is 15.3 Å². The zero-order valence-electron chi connectivity index (χ0n) is 12.1. The number of hydrogen-bond donors (Lipinski definition) is 2. The largest absolute Gasteiger partial charge is 0.481 e. The van der Waals surface area contributed by atoms with Crippen LogP contribution in [0.3, 0.4) is 0 Å². The van der Waals surface area contributed by atoms with Gasteiger partial charge in [-0.3, -0.25) is 14.8 Å². The summed E-state index contributed by atoms with van der Waals surface area (Å²) in [5, 5.41) is 12.0. The molecule has 1 aromatic heterocycles. The van der Waals surface area contributed by atoms with Crippen LogP contribution in [0.4, 0.5) is 4.79 Å². The number of carbonyl (C=O) groups excluding carboxylic acids is 1. The van der Waals surface area contributed by atoms with Crippen molar-refractivity contribution < 1.29 is 14.7 Å². The van der Waals surface area contributed by atoms with Crippen LogP contribution in [0.5, 0.6) is 0 Å². The smallest absolute Gasteiger partial charge is 0.317 e. The number of nitrogens with zero attached hydrogens (tertiary/aromatic N) is 3. The first-order valence-corrected chi connectivity index (χ1v) is 7.02. The molecule has 0 aromatic carbocycles. The molecule has 1 saturated heterocycles. The van der Waals surface area contributed by atoms with Gasteiger partial charge in [-0.1, -0.05) is 0 Å². The number of aromatic nitrogens is 2. The van der Waals surface area contributed by atoms with E-state index in [-0.39, 0.29) is 6.03 Å². The highest BCUT2D eigenvalue weighted by Crippen LogP contribution is 2.30. The van der Waals surface area contributed by atoms with E-state index >= 15 is 0 Å². The molecule has 114 valence electrons. The molecule has 2 rings (SSSR count). The molecule has 7 heteroatoms. The normalized spacial score (nSPS) is 17.3. The van der Waals surface area contributed by atoms with Crippen LogP contribution >= 0.6 is 0 Å². The molecule has 1 fully saturated rings. The number of amides is 2. The van der Waals surface area contributed by atoms with Crippen LogP contribution in [-0.2, 0) is 11.2 Å². The zero-order chi connectivity index (χ0) is 15.3. The SMILES string of the molecule is CC1(C(=O)O)CCN(C(=O)NCCc2cnccn2)CC1. The van der Waals surface area contributed by atoms with Gasteiger partial charge in [-0.2, -0.15) is 0 Å². The highest BCUT2D eigenvalue weighted by molar-refractivity contribution is 5.76.